The summed E-state index contributed by atoms with van der Waals surface area (Å²) in [5, 5.41) is 40.8. The number of amides is 1. The molecule has 0 aromatic rings. The number of methoxy groups -OCH3 is 1. The number of nitrogens with one attached hydrogen (secondary N) is 1. The van der Waals surface area contributed by atoms with E-state index in [1.165, 1.54) is 6.92 Å². The van der Waals surface area contributed by atoms with Crippen molar-refractivity contribution in [1.82, 2.24) is 5.32 Å². The van der Waals surface area contributed by atoms with Crippen molar-refractivity contribution < 1.29 is 39.5 Å². The Morgan fingerprint density at radius 3 is 2.52 bits per heavy atom. The molecule has 0 spiro atoms. The van der Waals surface area contributed by atoms with Gasteiger partial charge in [0.15, 0.2) is 6.10 Å². The van der Waals surface area contributed by atoms with E-state index in [0.717, 1.165) is 7.11 Å². The van der Waals surface area contributed by atoms with Crippen molar-refractivity contribution in [2.75, 3.05) is 13.7 Å². The van der Waals surface area contributed by atoms with Gasteiger partial charge in [-0.05, 0) is 0 Å². The number of aliphatic hydroxyl groups excluding tert-OH is 4. The van der Waals surface area contributed by atoms with Gasteiger partial charge < -0.3 is 35.2 Å². The van der Waals surface area contributed by atoms with E-state index in [2.05, 4.69) is 10.1 Å². The van der Waals surface area contributed by atoms with Crippen LogP contribution in [-0.2, 0) is 19.1 Å². The molecule has 0 radical (unpaired) electrons. The number of aliphatic hydroxyl groups is 4. The first-order valence-corrected chi connectivity index (χ1v) is 6.47. The van der Waals surface area contributed by atoms with Crippen LogP contribution in [0.5, 0.6) is 0 Å². The Hall–Kier alpha value is -1.26. The number of carbonyl (C=O) groups excluding carboxylic acids is 2. The van der Waals surface area contributed by atoms with E-state index >= 15 is 0 Å². The highest BCUT2D eigenvalue weighted by molar-refractivity contribution is 5.75. The molecule has 6 atom stereocenters. The summed E-state index contributed by atoms with van der Waals surface area (Å²) in [6, 6.07) is -1.03. The third-order valence-electron chi connectivity index (χ3n) is 3.30. The van der Waals surface area contributed by atoms with Crippen LogP contribution >= 0.6 is 0 Å². The van der Waals surface area contributed by atoms with Gasteiger partial charge in [-0.2, -0.15) is 0 Å². The SMILES string of the molecule is COC(=O)[C@@H]1CC(O)C(NC(C)=O)C([C@H](O)[C@H](O)CO)O1. The molecule has 1 fully saturated rings. The quantitative estimate of drug-likeness (QED) is 0.336. The Bertz CT molecular complexity index is 376. The molecule has 3 unspecified atom stereocenters. The van der Waals surface area contributed by atoms with Crippen molar-refractivity contribution >= 4 is 11.9 Å². The average molecular weight is 307 g/mol. The summed E-state index contributed by atoms with van der Waals surface area (Å²) in [5.74, 6) is -1.22. The summed E-state index contributed by atoms with van der Waals surface area (Å²) in [6.45, 7) is 0.470. The van der Waals surface area contributed by atoms with Gasteiger partial charge in [0, 0.05) is 13.3 Å². The third kappa shape index (κ3) is 4.35. The van der Waals surface area contributed by atoms with Crippen molar-refractivity contribution in [2.24, 2.45) is 0 Å². The molecule has 1 rings (SSSR count). The Morgan fingerprint density at radius 2 is 2.05 bits per heavy atom. The maximum atomic E-state index is 11.5. The largest absolute Gasteiger partial charge is 0.467 e. The van der Waals surface area contributed by atoms with Gasteiger partial charge in [-0.15, -0.1) is 0 Å². The second-order valence-corrected chi connectivity index (χ2v) is 4.88. The van der Waals surface area contributed by atoms with Crippen molar-refractivity contribution in [3.63, 3.8) is 0 Å². The van der Waals surface area contributed by atoms with Gasteiger partial charge in [-0.3, -0.25) is 4.79 Å². The molecule has 0 bridgehead atoms. The van der Waals surface area contributed by atoms with Crippen LogP contribution in [0.2, 0.25) is 0 Å². The Morgan fingerprint density at radius 1 is 1.43 bits per heavy atom. The maximum Gasteiger partial charge on any atom is 0.335 e. The summed E-state index contributed by atoms with van der Waals surface area (Å²) in [5.41, 5.74) is 0. The molecule has 9 heteroatoms. The standard InChI is InChI=1S/C12H21NO8/c1-5(15)13-9-6(16)3-8(12(19)20-2)21-11(9)10(18)7(17)4-14/h6-11,14,16-18H,3-4H2,1-2H3,(H,13,15)/t6?,7-,8+,9?,10-,11?/m1/s1. The van der Waals surface area contributed by atoms with E-state index < -0.39 is 55.0 Å². The van der Waals surface area contributed by atoms with Crippen LogP contribution in [0.4, 0.5) is 0 Å². The zero-order chi connectivity index (χ0) is 16.2. The summed E-state index contributed by atoms with van der Waals surface area (Å²) in [7, 11) is 1.14. The number of esters is 1. The Balaban J connectivity index is 2.96. The minimum atomic E-state index is -1.60. The number of hydrogen-bond acceptors (Lipinski definition) is 8. The first-order chi connectivity index (χ1) is 9.81. The average Bonchev–Trinajstić information content (AvgIpc) is 2.46. The van der Waals surface area contributed by atoms with E-state index in [1.54, 1.807) is 0 Å². The molecule has 1 aliphatic rings. The van der Waals surface area contributed by atoms with Gasteiger partial charge in [0.1, 0.15) is 18.3 Å². The molecular weight excluding hydrogens is 286 g/mol. The lowest BCUT2D eigenvalue weighted by atomic mass is 9.90. The molecule has 1 amide bonds. The zero-order valence-electron chi connectivity index (χ0n) is 11.8. The fraction of sp³-hybridized carbons (Fsp3) is 0.833. The predicted octanol–water partition coefficient (Wildman–Crippen LogP) is -3.10. The minimum Gasteiger partial charge on any atom is -0.467 e. The highest BCUT2D eigenvalue weighted by Crippen LogP contribution is 2.25. The molecule has 122 valence electrons. The van der Waals surface area contributed by atoms with E-state index in [1.807, 2.05) is 0 Å². The summed E-state index contributed by atoms with van der Waals surface area (Å²) >= 11 is 0. The predicted molar refractivity (Wildman–Crippen MR) is 68.0 cm³/mol. The van der Waals surface area contributed by atoms with Crippen LogP contribution in [0.15, 0.2) is 0 Å². The molecule has 0 aromatic heterocycles. The van der Waals surface area contributed by atoms with Gasteiger partial charge in [0.05, 0.1) is 25.9 Å². The highest BCUT2D eigenvalue weighted by Gasteiger charge is 2.46. The lowest BCUT2D eigenvalue weighted by molar-refractivity contribution is -0.197. The smallest absolute Gasteiger partial charge is 0.335 e. The lowest BCUT2D eigenvalue weighted by Gasteiger charge is -2.41. The van der Waals surface area contributed by atoms with Gasteiger partial charge in [-0.25, -0.2) is 4.79 Å². The van der Waals surface area contributed by atoms with Crippen LogP contribution in [0.3, 0.4) is 0 Å². The first kappa shape index (κ1) is 17.8. The molecule has 1 heterocycles. The molecule has 5 N–H and O–H groups in total. The Kier molecular flexibility index (Phi) is 6.49. The fourth-order valence-electron chi connectivity index (χ4n) is 2.23. The monoisotopic (exact) mass is 307 g/mol. The Labute approximate surface area is 121 Å². The summed E-state index contributed by atoms with van der Waals surface area (Å²) < 4.78 is 9.85. The van der Waals surface area contributed by atoms with Gasteiger partial charge in [-0.1, -0.05) is 0 Å². The molecule has 0 aliphatic carbocycles. The summed E-state index contributed by atoms with van der Waals surface area (Å²) in [6.07, 6.45) is -6.87. The van der Waals surface area contributed by atoms with Crippen LogP contribution < -0.4 is 5.32 Å². The summed E-state index contributed by atoms with van der Waals surface area (Å²) in [4.78, 5) is 22.7. The van der Waals surface area contributed by atoms with Crippen molar-refractivity contribution in [1.29, 1.82) is 0 Å². The van der Waals surface area contributed by atoms with E-state index in [0.29, 0.717) is 0 Å². The van der Waals surface area contributed by atoms with Gasteiger partial charge in [0.2, 0.25) is 5.91 Å². The van der Waals surface area contributed by atoms with Crippen molar-refractivity contribution in [2.45, 2.75) is 49.9 Å². The van der Waals surface area contributed by atoms with E-state index in [4.69, 9.17) is 9.84 Å². The minimum absolute atomic E-state index is 0.129. The third-order valence-corrected chi connectivity index (χ3v) is 3.30. The maximum absolute atomic E-state index is 11.5. The second kappa shape index (κ2) is 7.66. The fourth-order valence-corrected chi connectivity index (χ4v) is 2.23. The van der Waals surface area contributed by atoms with Crippen LogP contribution in [0.25, 0.3) is 0 Å². The highest BCUT2D eigenvalue weighted by atomic mass is 16.6. The number of ether oxygens (including phenoxy) is 2. The lowest BCUT2D eigenvalue weighted by Crippen LogP contribution is -2.63. The van der Waals surface area contributed by atoms with Gasteiger partial charge in [0.25, 0.3) is 0 Å². The molecular formula is C12H21NO8. The van der Waals surface area contributed by atoms with E-state index in [9.17, 15) is 24.9 Å². The molecule has 1 saturated heterocycles. The second-order valence-electron chi connectivity index (χ2n) is 4.88. The molecule has 0 saturated carbocycles. The normalized spacial score (nSPS) is 32.1. The van der Waals surface area contributed by atoms with Gasteiger partial charge >= 0.3 is 5.97 Å². The number of rotatable bonds is 5. The molecule has 21 heavy (non-hydrogen) atoms. The molecule has 9 nitrogen and oxygen atoms in total. The number of hydrogen-bond donors (Lipinski definition) is 5. The number of carbonyl (C=O) groups is 2. The van der Waals surface area contributed by atoms with Crippen LogP contribution in [-0.4, -0.2) is 82.6 Å². The molecule has 0 aromatic carbocycles. The van der Waals surface area contributed by atoms with E-state index in [-0.39, 0.29) is 6.42 Å². The topological polar surface area (TPSA) is 146 Å². The zero-order valence-corrected chi connectivity index (χ0v) is 11.8. The van der Waals surface area contributed by atoms with Crippen LogP contribution in [0, 0.1) is 0 Å². The molecule has 1 aliphatic heterocycles. The van der Waals surface area contributed by atoms with Crippen molar-refractivity contribution in [3.05, 3.63) is 0 Å². The van der Waals surface area contributed by atoms with Crippen molar-refractivity contribution in [3.8, 4) is 0 Å². The first-order valence-electron chi connectivity index (χ1n) is 6.47. The van der Waals surface area contributed by atoms with Crippen LogP contribution in [0.1, 0.15) is 13.3 Å².